The third kappa shape index (κ3) is 6.07. The van der Waals surface area contributed by atoms with E-state index >= 15 is 0 Å². The van der Waals surface area contributed by atoms with E-state index in [1.165, 1.54) is 24.0 Å². The average Bonchev–Trinajstić information content (AvgIpc) is 2.72. The van der Waals surface area contributed by atoms with Gasteiger partial charge in [-0.2, -0.15) is 26.3 Å². The summed E-state index contributed by atoms with van der Waals surface area (Å²) in [5.74, 6) is -1.66. The van der Waals surface area contributed by atoms with Gasteiger partial charge in [0.1, 0.15) is 6.10 Å². The van der Waals surface area contributed by atoms with E-state index in [4.69, 9.17) is 9.84 Å². The minimum atomic E-state index is -4.82. The Hall–Kier alpha value is -3.08. The van der Waals surface area contributed by atoms with Crippen LogP contribution in [0.4, 0.5) is 26.3 Å². The predicted molar refractivity (Wildman–Crippen MR) is 108 cm³/mol. The van der Waals surface area contributed by atoms with Gasteiger partial charge >= 0.3 is 24.3 Å². The lowest BCUT2D eigenvalue weighted by molar-refractivity contribution is -0.142. The Bertz CT molecular complexity index is 1060. The first-order chi connectivity index (χ1) is 15.8. The molecule has 0 spiro atoms. The van der Waals surface area contributed by atoms with Gasteiger partial charge in [-0.15, -0.1) is 0 Å². The van der Waals surface area contributed by atoms with E-state index in [-0.39, 0.29) is 31.5 Å². The van der Waals surface area contributed by atoms with E-state index < -0.39 is 53.1 Å². The zero-order chi connectivity index (χ0) is 25.3. The number of nitrogens with zero attached hydrogens (tertiary/aromatic N) is 1. The van der Waals surface area contributed by atoms with Gasteiger partial charge in [0, 0.05) is 25.6 Å². The molecule has 0 aliphatic carbocycles. The van der Waals surface area contributed by atoms with Crippen LogP contribution in [0.1, 0.15) is 52.0 Å². The molecule has 5 nitrogen and oxygen atoms in total. The van der Waals surface area contributed by atoms with Crippen molar-refractivity contribution in [3.8, 4) is 0 Å². The fourth-order valence-electron chi connectivity index (χ4n) is 3.72. The van der Waals surface area contributed by atoms with Crippen LogP contribution in [0.2, 0.25) is 0 Å². The number of ether oxygens (including phenoxy) is 1. The fourth-order valence-corrected chi connectivity index (χ4v) is 3.72. The summed E-state index contributed by atoms with van der Waals surface area (Å²) in [6.45, 7) is 1.48. The van der Waals surface area contributed by atoms with Crippen molar-refractivity contribution in [2.45, 2.75) is 44.3 Å². The number of hydrogen-bond acceptors (Lipinski definition) is 4. The highest BCUT2D eigenvalue weighted by atomic mass is 19.4. The molecule has 0 aromatic heterocycles. The molecule has 0 saturated carbocycles. The molecule has 0 bridgehead atoms. The Labute approximate surface area is 190 Å². The highest BCUT2D eigenvalue weighted by molar-refractivity contribution is 5.89. The van der Waals surface area contributed by atoms with Gasteiger partial charge in [0.2, 0.25) is 0 Å². The van der Waals surface area contributed by atoms with E-state index in [1.54, 1.807) is 12.1 Å². The van der Waals surface area contributed by atoms with Crippen LogP contribution < -0.4 is 0 Å². The van der Waals surface area contributed by atoms with Crippen molar-refractivity contribution in [2.75, 3.05) is 13.1 Å². The van der Waals surface area contributed by atoms with Crippen molar-refractivity contribution in [1.82, 2.24) is 4.90 Å². The van der Waals surface area contributed by atoms with E-state index in [9.17, 15) is 35.9 Å². The van der Waals surface area contributed by atoms with E-state index in [1.807, 2.05) is 0 Å². The lowest BCUT2D eigenvalue weighted by Crippen LogP contribution is -2.53. The third-order valence-electron chi connectivity index (χ3n) is 5.62. The number of aliphatic carboxylic acids is 1. The Morgan fingerprint density at radius 1 is 1.06 bits per heavy atom. The zero-order valence-corrected chi connectivity index (χ0v) is 17.9. The third-order valence-corrected chi connectivity index (χ3v) is 5.62. The first kappa shape index (κ1) is 25.5. The summed E-state index contributed by atoms with van der Waals surface area (Å²) >= 11 is 0. The number of benzene rings is 2. The number of rotatable bonds is 7. The highest BCUT2D eigenvalue weighted by Gasteiger charge is 2.41. The number of halogens is 6. The highest BCUT2D eigenvalue weighted by Crippen LogP contribution is 2.41. The lowest BCUT2D eigenvalue weighted by Gasteiger charge is -2.43. The number of esters is 1. The molecule has 1 aliphatic heterocycles. The molecule has 1 heterocycles. The number of hydrogen-bond donors (Lipinski definition) is 1. The molecule has 1 N–H and O–H groups in total. The lowest BCUT2D eigenvalue weighted by atomic mass is 9.94. The zero-order valence-electron chi connectivity index (χ0n) is 17.9. The molecule has 0 amide bonds. The molecule has 3 rings (SSSR count). The predicted octanol–water partition coefficient (Wildman–Crippen LogP) is 5.34. The van der Waals surface area contributed by atoms with Crippen molar-refractivity contribution in [3.05, 3.63) is 70.3 Å². The van der Waals surface area contributed by atoms with Gasteiger partial charge in [0.05, 0.1) is 16.7 Å². The minimum absolute atomic E-state index is 0.0547. The minimum Gasteiger partial charge on any atom is -0.481 e. The van der Waals surface area contributed by atoms with Crippen LogP contribution in [0.15, 0.2) is 42.5 Å². The van der Waals surface area contributed by atoms with Crippen LogP contribution in [0, 0.1) is 0 Å². The number of alkyl halides is 6. The van der Waals surface area contributed by atoms with E-state index in [2.05, 4.69) is 0 Å². The SMILES string of the molecule is CC(c1cc(C(F)(F)F)ccc1C(F)(F)F)N1CC(OC(=O)c2cccc(CCC(=O)O)c2)C1. The van der Waals surface area contributed by atoms with E-state index in [0.717, 1.165) is 0 Å². The molecule has 2 aromatic carbocycles. The molecular formula is C23H21F6NO4. The maximum absolute atomic E-state index is 13.4. The topological polar surface area (TPSA) is 66.8 Å². The van der Waals surface area contributed by atoms with Gasteiger partial charge in [-0.3, -0.25) is 9.69 Å². The summed E-state index contributed by atoms with van der Waals surface area (Å²) < 4.78 is 84.7. The second kappa shape index (κ2) is 9.65. The Kier molecular flexibility index (Phi) is 7.25. The van der Waals surface area contributed by atoms with Crippen molar-refractivity contribution in [3.63, 3.8) is 0 Å². The van der Waals surface area contributed by atoms with Gasteiger partial charge in [-0.05, 0) is 54.8 Å². The van der Waals surface area contributed by atoms with Gasteiger partial charge in [-0.1, -0.05) is 12.1 Å². The van der Waals surface area contributed by atoms with Crippen molar-refractivity contribution >= 4 is 11.9 Å². The van der Waals surface area contributed by atoms with Gasteiger partial charge < -0.3 is 9.84 Å². The largest absolute Gasteiger partial charge is 0.481 e. The molecule has 1 aliphatic rings. The second-order valence-electron chi connectivity index (χ2n) is 8.05. The summed E-state index contributed by atoms with van der Waals surface area (Å²) in [7, 11) is 0. The normalized spacial score (nSPS) is 16.1. The quantitative estimate of drug-likeness (QED) is 0.420. The maximum atomic E-state index is 13.4. The smallest absolute Gasteiger partial charge is 0.416 e. The van der Waals surface area contributed by atoms with Crippen molar-refractivity contribution in [1.29, 1.82) is 0 Å². The number of carbonyl (C=O) groups is 2. The average molecular weight is 489 g/mol. The molecule has 1 atom stereocenters. The summed E-state index contributed by atoms with van der Waals surface area (Å²) in [6.07, 6.45) is -10.1. The Morgan fingerprint density at radius 2 is 1.74 bits per heavy atom. The molecule has 0 radical (unpaired) electrons. The van der Waals surface area contributed by atoms with Gasteiger partial charge in [0.15, 0.2) is 0 Å². The van der Waals surface area contributed by atoms with Crippen LogP contribution in [-0.4, -0.2) is 41.1 Å². The second-order valence-corrected chi connectivity index (χ2v) is 8.05. The molecule has 2 aromatic rings. The Morgan fingerprint density at radius 3 is 2.32 bits per heavy atom. The molecule has 34 heavy (non-hydrogen) atoms. The molecule has 1 saturated heterocycles. The first-order valence-corrected chi connectivity index (χ1v) is 10.3. The van der Waals surface area contributed by atoms with E-state index in [0.29, 0.717) is 23.8 Å². The van der Waals surface area contributed by atoms with Crippen LogP contribution in [0.3, 0.4) is 0 Å². The number of carboxylic acid groups (broad SMARTS) is 1. The van der Waals surface area contributed by atoms with Crippen molar-refractivity contribution < 1.29 is 45.8 Å². The number of carbonyl (C=O) groups excluding carboxylic acids is 1. The summed E-state index contributed by atoms with van der Waals surface area (Å²) in [5, 5.41) is 8.77. The Balaban J connectivity index is 1.66. The number of likely N-dealkylation sites (tertiary alicyclic amines) is 1. The van der Waals surface area contributed by atoms with Crippen LogP contribution in [0.5, 0.6) is 0 Å². The molecule has 1 fully saturated rings. The number of aryl methyl sites for hydroxylation is 1. The number of carboxylic acids is 1. The van der Waals surface area contributed by atoms with Crippen molar-refractivity contribution in [2.24, 2.45) is 0 Å². The first-order valence-electron chi connectivity index (χ1n) is 10.3. The standard InChI is InChI=1S/C23H21F6NO4/c1-13(18-10-16(22(24,25)26)6-7-19(18)23(27,28)29)30-11-17(12-30)34-21(33)15-4-2-3-14(9-15)5-8-20(31)32/h2-4,6-7,9-10,13,17H,5,8,11-12H2,1H3,(H,31,32). The maximum Gasteiger partial charge on any atom is 0.416 e. The summed E-state index contributed by atoms with van der Waals surface area (Å²) in [4.78, 5) is 24.6. The molecule has 11 heteroatoms. The fraction of sp³-hybridized carbons (Fsp3) is 0.391. The van der Waals surface area contributed by atoms with Crippen LogP contribution in [0.25, 0.3) is 0 Å². The summed E-state index contributed by atoms with van der Waals surface area (Å²) in [5.41, 5.74) is -1.99. The van der Waals surface area contributed by atoms with Crippen LogP contribution >= 0.6 is 0 Å². The van der Waals surface area contributed by atoms with Crippen LogP contribution in [-0.2, 0) is 28.3 Å². The molecular weight excluding hydrogens is 468 g/mol. The molecule has 184 valence electrons. The summed E-state index contributed by atoms with van der Waals surface area (Å²) in [6, 6.07) is 6.60. The van der Waals surface area contributed by atoms with Gasteiger partial charge in [-0.25, -0.2) is 4.79 Å². The van der Waals surface area contributed by atoms with Gasteiger partial charge in [0.25, 0.3) is 0 Å². The monoisotopic (exact) mass is 489 g/mol. The molecule has 1 unspecified atom stereocenters.